The molecular weight excluding hydrogens is 363 g/mol. The predicted octanol–water partition coefficient (Wildman–Crippen LogP) is 3.21. The van der Waals surface area contributed by atoms with Crippen molar-refractivity contribution < 1.29 is 14.3 Å². The molecule has 3 aromatic heterocycles. The van der Waals surface area contributed by atoms with Gasteiger partial charge in [-0.3, -0.25) is 14.5 Å². The van der Waals surface area contributed by atoms with Gasteiger partial charge in [-0.25, -0.2) is 9.18 Å². The first-order chi connectivity index (χ1) is 13.2. The molecule has 4 heterocycles. The zero-order chi connectivity index (χ0) is 20.2. The largest absolute Gasteiger partial charge is 0.477 e. The molecule has 1 N–H and O–H groups in total. The quantitative estimate of drug-likeness (QED) is 0.735. The molecule has 0 spiro atoms. The molecule has 144 valence electrons. The van der Waals surface area contributed by atoms with Crippen LogP contribution in [-0.4, -0.2) is 30.4 Å². The van der Waals surface area contributed by atoms with Gasteiger partial charge in [-0.15, -0.1) is 0 Å². The highest BCUT2D eigenvalue weighted by molar-refractivity contribution is 5.87. The van der Waals surface area contributed by atoms with Crippen molar-refractivity contribution in [2.24, 2.45) is 5.41 Å². The molecule has 8 heteroatoms. The lowest BCUT2D eigenvalue weighted by atomic mass is 9.85. The van der Waals surface area contributed by atoms with Gasteiger partial charge in [-0.2, -0.15) is 5.10 Å². The van der Waals surface area contributed by atoms with E-state index in [2.05, 4.69) is 10.1 Å². The maximum atomic E-state index is 14.2. The van der Waals surface area contributed by atoms with Crippen molar-refractivity contribution in [3.8, 4) is 22.6 Å². The predicted molar refractivity (Wildman–Crippen MR) is 101 cm³/mol. The van der Waals surface area contributed by atoms with Crippen molar-refractivity contribution in [3.63, 3.8) is 0 Å². The second-order valence-electron chi connectivity index (χ2n) is 7.98. The van der Waals surface area contributed by atoms with E-state index in [1.54, 1.807) is 16.8 Å². The minimum absolute atomic E-state index is 0.135. The van der Waals surface area contributed by atoms with E-state index in [0.29, 0.717) is 29.2 Å². The van der Waals surface area contributed by atoms with Gasteiger partial charge in [0.2, 0.25) is 0 Å². The van der Waals surface area contributed by atoms with Crippen molar-refractivity contribution in [3.05, 3.63) is 58.4 Å². The van der Waals surface area contributed by atoms with Crippen LogP contribution in [0, 0.1) is 11.2 Å². The Balaban J connectivity index is 1.96. The molecule has 0 bridgehead atoms. The van der Waals surface area contributed by atoms with Crippen LogP contribution in [0.25, 0.3) is 22.6 Å². The van der Waals surface area contributed by atoms with E-state index in [1.165, 1.54) is 18.5 Å². The molecule has 0 saturated heterocycles. The first-order valence-corrected chi connectivity index (χ1v) is 8.84. The molecule has 1 atom stereocenters. The van der Waals surface area contributed by atoms with Gasteiger partial charge in [-0.05, 0) is 17.5 Å². The van der Waals surface area contributed by atoms with E-state index in [-0.39, 0.29) is 17.0 Å². The van der Waals surface area contributed by atoms with Crippen LogP contribution in [0.1, 0.15) is 37.2 Å². The molecule has 28 heavy (non-hydrogen) atoms. The Labute approximate surface area is 160 Å². The third kappa shape index (κ3) is 2.81. The normalized spacial score (nSPS) is 15.8. The average Bonchev–Trinajstić information content (AvgIpc) is 3.04. The summed E-state index contributed by atoms with van der Waals surface area (Å²) in [5.41, 5.74) is 0.885. The Kier molecular flexibility index (Phi) is 3.95. The fourth-order valence-electron chi connectivity index (χ4n) is 3.59. The molecule has 4 rings (SSSR count). The summed E-state index contributed by atoms with van der Waals surface area (Å²) in [5.74, 6) is -1.74. The van der Waals surface area contributed by atoms with Crippen LogP contribution in [0.3, 0.4) is 0 Å². The van der Waals surface area contributed by atoms with E-state index in [4.69, 9.17) is 0 Å². The minimum atomic E-state index is -1.26. The summed E-state index contributed by atoms with van der Waals surface area (Å²) in [4.78, 5) is 27.6. The summed E-state index contributed by atoms with van der Waals surface area (Å²) >= 11 is 0. The number of carbonyl (C=O) groups is 1. The van der Waals surface area contributed by atoms with Crippen molar-refractivity contribution in [1.82, 2.24) is 19.3 Å². The Morgan fingerprint density at radius 2 is 2.04 bits per heavy atom. The number of nitrogens with zero attached hydrogens (tertiary/aromatic N) is 4. The standard InChI is InChI=1S/C20H19FN4O3/c1-20(2,3)18-10-25-16(6-14(23-25)11-4-5-22-8-13(11)21)15-7-17(26)12(19(27)28)9-24(15)18/h4-9,18H,10H2,1-3H3,(H,27,28)/t18-/m0/s1. The highest BCUT2D eigenvalue weighted by atomic mass is 19.1. The zero-order valence-corrected chi connectivity index (χ0v) is 15.7. The summed E-state index contributed by atoms with van der Waals surface area (Å²) in [6.45, 7) is 6.59. The lowest BCUT2D eigenvalue weighted by Gasteiger charge is -2.38. The summed E-state index contributed by atoms with van der Waals surface area (Å²) in [7, 11) is 0. The third-order valence-corrected chi connectivity index (χ3v) is 5.08. The molecule has 0 fully saturated rings. The van der Waals surface area contributed by atoms with Crippen molar-refractivity contribution in [2.45, 2.75) is 33.4 Å². The van der Waals surface area contributed by atoms with Gasteiger partial charge in [0.1, 0.15) is 5.56 Å². The number of fused-ring (bicyclic) bond motifs is 3. The Morgan fingerprint density at radius 1 is 1.29 bits per heavy atom. The molecule has 0 aromatic carbocycles. The summed E-state index contributed by atoms with van der Waals surface area (Å²) in [5, 5.41) is 13.9. The van der Waals surface area contributed by atoms with Crippen LogP contribution < -0.4 is 5.43 Å². The molecule has 1 aliphatic rings. The Morgan fingerprint density at radius 3 is 2.68 bits per heavy atom. The molecule has 0 aliphatic carbocycles. The highest BCUT2D eigenvalue weighted by Gasteiger charge is 2.34. The van der Waals surface area contributed by atoms with Gasteiger partial charge in [0.05, 0.1) is 35.9 Å². The SMILES string of the molecule is CC(C)(C)[C@@H]1Cn2nc(-c3ccncc3F)cc2-c2cc(=O)c(C(=O)O)cn21. The summed E-state index contributed by atoms with van der Waals surface area (Å²) in [6.07, 6.45) is 4.02. The van der Waals surface area contributed by atoms with E-state index in [0.717, 1.165) is 6.20 Å². The summed E-state index contributed by atoms with van der Waals surface area (Å²) < 4.78 is 17.8. The first kappa shape index (κ1) is 18.1. The number of aromatic carboxylic acids is 1. The minimum Gasteiger partial charge on any atom is -0.477 e. The third-order valence-electron chi connectivity index (χ3n) is 5.08. The van der Waals surface area contributed by atoms with Crippen LogP contribution in [0.5, 0.6) is 0 Å². The van der Waals surface area contributed by atoms with E-state index < -0.39 is 17.2 Å². The average molecular weight is 382 g/mol. The Bertz CT molecular complexity index is 1160. The van der Waals surface area contributed by atoms with Crippen LogP contribution >= 0.6 is 0 Å². The van der Waals surface area contributed by atoms with Crippen molar-refractivity contribution >= 4 is 5.97 Å². The lowest BCUT2D eigenvalue weighted by Crippen LogP contribution is -2.35. The number of carboxylic acids is 1. The molecule has 3 aromatic rings. The second-order valence-corrected chi connectivity index (χ2v) is 7.98. The Hall–Kier alpha value is -3.29. The maximum Gasteiger partial charge on any atom is 0.341 e. The van der Waals surface area contributed by atoms with E-state index >= 15 is 0 Å². The van der Waals surface area contributed by atoms with Crippen molar-refractivity contribution in [1.29, 1.82) is 0 Å². The van der Waals surface area contributed by atoms with Gasteiger partial charge in [0.25, 0.3) is 0 Å². The molecule has 0 saturated carbocycles. The van der Waals surface area contributed by atoms with Gasteiger partial charge >= 0.3 is 5.97 Å². The number of hydrogen-bond acceptors (Lipinski definition) is 4. The molecule has 0 radical (unpaired) electrons. The number of aromatic nitrogens is 4. The molecule has 1 aliphatic heterocycles. The fourth-order valence-corrected chi connectivity index (χ4v) is 3.59. The zero-order valence-electron chi connectivity index (χ0n) is 15.7. The monoisotopic (exact) mass is 382 g/mol. The number of rotatable bonds is 2. The van der Waals surface area contributed by atoms with E-state index in [9.17, 15) is 19.1 Å². The fraction of sp³-hybridized carbons (Fsp3) is 0.300. The van der Waals surface area contributed by atoms with Gasteiger partial charge in [0.15, 0.2) is 11.2 Å². The smallest absolute Gasteiger partial charge is 0.341 e. The highest BCUT2D eigenvalue weighted by Crippen LogP contribution is 2.40. The molecule has 7 nitrogen and oxygen atoms in total. The maximum absolute atomic E-state index is 14.2. The van der Waals surface area contributed by atoms with Crippen molar-refractivity contribution in [2.75, 3.05) is 0 Å². The number of halogens is 1. The molecule has 0 unspecified atom stereocenters. The lowest BCUT2D eigenvalue weighted by molar-refractivity contribution is 0.0693. The van der Waals surface area contributed by atoms with Gasteiger partial charge in [-0.1, -0.05) is 20.8 Å². The van der Waals surface area contributed by atoms with Gasteiger partial charge in [0, 0.05) is 24.0 Å². The van der Waals surface area contributed by atoms with Gasteiger partial charge < -0.3 is 9.67 Å². The second kappa shape index (κ2) is 6.12. The van der Waals surface area contributed by atoms with Crippen LogP contribution in [-0.2, 0) is 6.54 Å². The number of hydrogen-bond donors (Lipinski definition) is 1. The topological polar surface area (TPSA) is 90.0 Å². The van der Waals surface area contributed by atoms with Crippen LogP contribution in [0.4, 0.5) is 4.39 Å². The van der Waals surface area contributed by atoms with Crippen LogP contribution in [0.15, 0.2) is 41.6 Å². The number of carboxylic acid groups (broad SMARTS) is 1. The van der Waals surface area contributed by atoms with E-state index in [1.807, 2.05) is 25.3 Å². The summed E-state index contributed by atoms with van der Waals surface area (Å²) in [6, 6.07) is 4.44. The molecule has 0 amide bonds. The molecular formula is C20H19FN4O3. The number of pyridine rings is 2. The van der Waals surface area contributed by atoms with Crippen LogP contribution in [0.2, 0.25) is 0 Å². The first-order valence-electron chi connectivity index (χ1n) is 8.84.